The van der Waals surface area contributed by atoms with Gasteiger partial charge in [0.25, 0.3) is 0 Å². The van der Waals surface area contributed by atoms with Crippen molar-refractivity contribution in [3.63, 3.8) is 0 Å². The summed E-state index contributed by atoms with van der Waals surface area (Å²) in [4.78, 5) is 10.9. The summed E-state index contributed by atoms with van der Waals surface area (Å²) >= 11 is 6.03. The lowest BCUT2D eigenvalue weighted by atomic mass is 10.0. The number of halogens is 4. The van der Waals surface area contributed by atoms with Gasteiger partial charge in [0.05, 0.1) is 16.3 Å². The third-order valence-corrected chi connectivity index (χ3v) is 4.90. The van der Waals surface area contributed by atoms with E-state index < -0.39 is 11.7 Å². The second-order valence-corrected chi connectivity index (χ2v) is 6.71. The molecule has 0 bridgehead atoms. The molecule has 0 amide bonds. The van der Waals surface area contributed by atoms with Crippen LogP contribution in [-0.4, -0.2) is 22.6 Å². The average molecular weight is 385 g/mol. The Balaban J connectivity index is 1.85. The standard InChI is InChI=1S/C18H20ClF3N4/c1-2-13-5-3-4-10-26(13)16-8-9-23-17(25-16)24-15-11-12(18(20,21)22)6-7-14(15)19/h6-9,11,13H,2-5,10H2,1H3,(H,23,24,25). The third kappa shape index (κ3) is 4.20. The van der Waals surface area contributed by atoms with Crippen LogP contribution in [0.15, 0.2) is 30.5 Å². The number of anilines is 3. The minimum absolute atomic E-state index is 0.129. The van der Waals surface area contributed by atoms with E-state index in [4.69, 9.17) is 11.6 Å². The molecule has 1 N–H and O–H groups in total. The zero-order valence-corrected chi connectivity index (χ0v) is 15.1. The molecule has 2 heterocycles. The SMILES string of the molecule is CCC1CCCCN1c1ccnc(Nc2cc(C(F)(F)F)ccc2Cl)n1. The lowest BCUT2D eigenvalue weighted by molar-refractivity contribution is -0.137. The summed E-state index contributed by atoms with van der Waals surface area (Å²) in [5, 5.41) is 2.99. The Morgan fingerprint density at radius 2 is 2.08 bits per heavy atom. The molecule has 1 aromatic heterocycles. The van der Waals surface area contributed by atoms with Crippen LogP contribution in [0.5, 0.6) is 0 Å². The number of benzene rings is 1. The normalized spacial score (nSPS) is 18.0. The molecular formula is C18H20ClF3N4. The van der Waals surface area contributed by atoms with Gasteiger partial charge in [-0.1, -0.05) is 18.5 Å². The fraction of sp³-hybridized carbons (Fsp3) is 0.444. The summed E-state index contributed by atoms with van der Waals surface area (Å²) in [7, 11) is 0. The number of nitrogens with zero attached hydrogens (tertiary/aromatic N) is 3. The molecule has 3 rings (SSSR count). The van der Waals surface area contributed by atoms with Crippen molar-refractivity contribution in [3.8, 4) is 0 Å². The zero-order valence-electron chi connectivity index (χ0n) is 14.4. The maximum absolute atomic E-state index is 12.9. The van der Waals surface area contributed by atoms with Crippen LogP contribution in [0.3, 0.4) is 0 Å². The first kappa shape index (κ1) is 18.8. The number of piperidine rings is 1. The minimum atomic E-state index is -4.44. The van der Waals surface area contributed by atoms with Gasteiger partial charge < -0.3 is 10.2 Å². The Labute approximate surface area is 155 Å². The van der Waals surface area contributed by atoms with E-state index in [1.807, 2.05) is 6.07 Å². The molecule has 1 aromatic carbocycles. The van der Waals surface area contributed by atoms with E-state index in [1.54, 1.807) is 6.20 Å². The molecule has 2 aromatic rings. The Bertz CT molecular complexity index is 766. The number of alkyl halides is 3. The molecule has 0 aliphatic carbocycles. The van der Waals surface area contributed by atoms with Gasteiger partial charge in [-0.25, -0.2) is 4.98 Å². The van der Waals surface area contributed by atoms with Gasteiger partial charge in [0.2, 0.25) is 5.95 Å². The summed E-state index contributed by atoms with van der Waals surface area (Å²) in [6.45, 7) is 3.06. The molecule has 0 radical (unpaired) electrons. The highest BCUT2D eigenvalue weighted by Crippen LogP contribution is 2.35. The lowest BCUT2D eigenvalue weighted by Gasteiger charge is -2.36. The van der Waals surface area contributed by atoms with Crippen molar-refractivity contribution >= 4 is 29.1 Å². The van der Waals surface area contributed by atoms with Crippen LogP contribution in [0.25, 0.3) is 0 Å². The zero-order chi connectivity index (χ0) is 18.7. The largest absolute Gasteiger partial charge is 0.416 e. The Kier molecular flexibility index (Phi) is 5.55. The molecule has 0 spiro atoms. The highest BCUT2D eigenvalue weighted by Gasteiger charge is 2.31. The molecule has 140 valence electrons. The van der Waals surface area contributed by atoms with Crippen LogP contribution in [0, 0.1) is 0 Å². The van der Waals surface area contributed by atoms with Gasteiger partial charge in [-0.15, -0.1) is 0 Å². The van der Waals surface area contributed by atoms with Crippen LogP contribution >= 0.6 is 11.6 Å². The highest BCUT2D eigenvalue weighted by molar-refractivity contribution is 6.33. The van der Waals surface area contributed by atoms with Crippen LogP contribution in [0.4, 0.5) is 30.6 Å². The van der Waals surface area contributed by atoms with Gasteiger partial charge >= 0.3 is 6.18 Å². The maximum atomic E-state index is 12.9. The van der Waals surface area contributed by atoms with Gasteiger partial charge in [0.15, 0.2) is 0 Å². The Morgan fingerprint density at radius 1 is 1.27 bits per heavy atom. The predicted octanol–water partition coefficient (Wildman–Crippen LogP) is 5.66. The van der Waals surface area contributed by atoms with Crippen LogP contribution in [0.2, 0.25) is 5.02 Å². The first-order chi connectivity index (χ1) is 12.4. The van der Waals surface area contributed by atoms with Crippen molar-refractivity contribution in [2.24, 2.45) is 0 Å². The highest BCUT2D eigenvalue weighted by atomic mass is 35.5. The summed E-state index contributed by atoms with van der Waals surface area (Å²) in [6.07, 6.45) is 1.60. The fourth-order valence-electron chi connectivity index (χ4n) is 3.21. The molecule has 1 aliphatic heterocycles. The Hall–Kier alpha value is -2.02. The molecule has 0 saturated carbocycles. The molecule has 4 nitrogen and oxygen atoms in total. The van der Waals surface area contributed by atoms with E-state index in [0.29, 0.717) is 6.04 Å². The second kappa shape index (κ2) is 7.70. The summed E-state index contributed by atoms with van der Waals surface area (Å²) in [5.74, 6) is 1.00. The molecule has 1 fully saturated rings. The van der Waals surface area contributed by atoms with Gasteiger partial charge in [-0.05, 0) is 49.9 Å². The van der Waals surface area contributed by atoms with Crippen molar-refractivity contribution in [1.29, 1.82) is 0 Å². The summed E-state index contributed by atoms with van der Waals surface area (Å²) < 4.78 is 38.8. The fourth-order valence-corrected chi connectivity index (χ4v) is 3.38. The molecule has 1 saturated heterocycles. The quantitative estimate of drug-likeness (QED) is 0.738. The molecule has 26 heavy (non-hydrogen) atoms. The summed E-state index contributed by atoms with van der Waals surface area (Å²) in [5.41, 5.74) is -0.646. The molecular weight excluding hydrogens is 365 g/mol. The van der Waals surface area contributed by atoms with Gasteiger partial charge in [-0.2, -0.15) is 18.2 Å². The van der Waals surface area contributed by atoms with Gasteiger partial charge in [-0.3, -0.25) is 0 Å². The smallest absolute Gasteiger partial charge is 0.353 e. The van der Waals surface area contributed by atoms with Gasteiger partial charge in [0, 0.05) is 18.8 Å². The van der Waals surface area contributed by atoms with E-state index >= 15 is 0 Å². The number of aromatic nitrogens is 2. The van der Waals surface area contributed by atoms with Gasteiger partial charge in [0.1, 0.15) is 5.82 Å². The van der Waals surface area contributed by atoms with Crippen LogP contribution in [0.1, 0.15) is 38.2 Å². The van der Waals surface area contributed by atoms with E-state index in [0.717, 1.165) is 43.8 Å². The van der Waals surface area contributed by atoms with Crippen molar-refractivity contribution in [3.05, 3.63) is 41.0 Å². The third-order valence-electron chi connectivity index (χ3n) is 4.57. The first-order valence-corrected chi connectivity index (χ1v) is 8.99. The van der Waals surface area contributed by atoms with Crippen molar-refractivity contribution in [1.82, 2.24) is 9.97 Å². The maximum Gasteiger partial charge on any atom is 0.416 e. The van der Waals surface area contributed by atoms with E-state index in [1.165, 1.54) is 12.5 Å². The first-order valence-electron chi connectivity index (χ1n) is 8.62. The average Bonchev–Trinajstić information content (AvgIpc) is 2.63. The van der Waals surface area contributed by atoms with E-state index in [-0.39, 0.29) is 16.7 Å². The van der Waals surface area contributed by atoms with Crippen LogP contribution in [-0.2, 0) is 6.18 Å². The number of hydrogen-bond donors (Lipinski definition) is 1. The van der Waals surface area contributed by atoms with Crippen molar-refractivity contribution in [2.45, 2.75) is 44.8 Å². The minimum Gasteiger partial charge on any atom is -0.353 e. The molecule has 1 aliphatic rings. The monoisotopic (exact) mass is 384 g/mol. The molecule has 1 unspecified atom stereocenters. The Morgan fingerprint density at radius 3 is 2.81 bits per heavy atom. The number of nitrogens with one attached hydrogen (secondary N) is 1. The summed E-state index contributed by atoms with van der Waals surface area (Å²) in [6, 6.07) is 5.38. The van der Waals surface area contributed by atoms with Crippen molar-refractivity contribution < 1.29 is 13.2 Å². The van der Waals surface area contributed by atoms with Crippen molar-refractivity contribution in [2.75, 3.05) is 16.8 Å². The van der Waals surface area contributed by atoms with Crippen LogP contribution < -0.4 is 10.2 Å². The van der Waals surface area contributed by atoms with E-state index in [9.17, 15) is 13.2 Å². The second-order valence-electron chi connectivity index (χ2n) is 6.31. The predicted molar refractivity (Wildman–Crippen MR) is 97.0 cm³/mol. The van der Waals surface area contributed by atoms with E-state index in [2.05, 4.69) is 27.1 Å². The number of hydrogen-bond acceptors (Lipinski definition) is 4. The lowest BCUT2D eigenvalue weighted by Crippen LogP contribution is -2.39. The molecule has 8 heteroatoms. The topological polar surface area (TPSA) is 41.1 Å². The molecule has 1 atom stereocenters. The number of rotatable bonds is 4.